The quantitative estimate of drug-likeness (QED) is 0.387. The topological polar surface area (TPSA) is 70.7 Å². The van der Waals surface area contributed by atoms with Crippen LogP contribution in [0.4, 0.5) is 9.18 Å². The van der Waals surface area contributed by atoms with Gasteiger partial charge in [0.25, 0.3) is 0 Å². The summed E-state index contributed by atoms with van der Waals surface area (Å²) in [4.78, 5) is 24.1. The van der Waals surface area contributed by atoms with Crippen LogP contribution in [0.2, 0.25) is 0 Å². The number of hydrogen-bond donors (Lipinski definition) is 2. The number of carbonyl (C=O) groups is 2. The second-order valence-corrected chi connectivity index (χ2v) is 8.19. The summed E-state index contributed by atoms with van der Waals surface area (Å²) in [6.07, 6.45) is 7.63. The number of urea groups is 1. The Morgan fingerprint density at radius 2 is 1.93 bits per heavy atom. The summed E-state index contributed by atoms with van der Waals surface area (Å²) in [5.74, 6) is 0.798. The first-order valence-corrected chi connectivity index (χ1v) is 10.8. The molecule has 1 saturated heterocycles. The third-order valence-corrected chi connectivity index (χ3v) is 5.50. The van der Waals surface area contributed by atoms with Crippen LogP contribution in [0, 0.1) is 11.7 Å². The van der Waals surface area contributed by atoms with E-state index in [0.29, 0.717) is 24.8 Å². The number of halogens is 1. The molecule has 0 bridgehead atoms. The zero-order chi connectivity index (χ0) is 20.6. The monoisotopic (exact) mass is 405 g/mol. The molecule has 29 heavy (non-hydrogen) atoms. The summed E-state index contributed by atoms with van der Waals surface area (Å²) in [5, 5.41) is 5.75. The lowest BCUT2D eigenvalue weighted by Crippen LogP contribution is -2.29. The third kappa shape index (κ3) is 7.31. The Morgan fingerprint density at radius 3 is 2.66 bits per heavy atom. The van der Waals surface area contributed by atoms with Crippen molar-refractivity contribution >= 4 is 11.9 Å². The van der Waals surface area contributed by atoms with Crippen LogP contribution in [-0.4, -0.2) is 43.1 Å². The first-order valence-electron chi connectivity index (χ1n) is 10.8. The van der Waals surface area contributed by atoms with Crippen LogP contribution in [-0.2, 0) is 4.79 Å². The van der Waals surface area contributed by atoms with Crippen molar-refractivity contribution in [3.05, 3.63) is 29.6 Å². The molecule has 0 spiro atoms. The Kier molecular flexibility index (Phi) is 7.86. The summed E-state index contributed by atoms with van der Waals surface area (Å²) >= 11 is 0. The molecule has 1 aliphatic carbocycles. The number of imide groups is 1. The molecule has 2 fully saturated rings. The van der Waals surface area contributed by atoms with Crippen LogP contribution >= 0.6 is 0 Å². The van der Waals surface area contributed by atoms with Gasteiger partial charge >= 0.3 is 6.03 Å². The maximum atomic E-state index is 13.9. The van der Waals surface area contributed by atoms with E-state index in [4.69, 9.17) is 4.74 Å². The maximum Gasteiger partial charge on any atom is 0.324 e. The summed E-state index contributed by atoms with van der Waals surface area (Å²) in [7, 11) is 0. The standard InChI is InChI=1S/C22H32FN3O3/c1-16(18-11-19(23)13-20(12-18)29-15-17-7-8-17)24-9-5-3-2-4-6-10-26-14-21(27)25-22(26)28/h11-13,16-17,24H,2-10,14-15H2,1H3,(H,25,27,28)/t16-/m0/s1. The van der Waals surface area contributed by atoms with Crippen molar-refractivity contribution in [2.24, 2.45) is 5.92 Å². The molecular formula is C22H32FN3O3. The molecule has 0 unspecified atom stereocenters. The van der Waals surface area contributed by atoms with E-state index >= 15 is 0 Å². The Balaban J connectivity index is 1.26. The van der Waals surface area contributed by atoms with Crippen LogP contribution in [0.1, 0.15) is 63.5 Å². The second-order valence-electron chi connectivity index (χ2n) is 8.19. The Morgan fingerprint density at radius 1 is 1.17 bits per heavy atom. The van der Waals surface area contributed by atoms with E-state index in [-0.39, 0.29) is 30.3 Å². The van der Waals surface area contributed by atoms with Crippen LogP contribution in [0.3, 0.4) is 0 Å². The number of hydrogen-bond acceptors (Lipinski definition) is 4. The molecule has 3 rings (SSSR count). The summed E-state index contributed by atoms with van der Waals surface area (Å²) in [6.45, 7) is 4.43. The number of amides is 3. The first kappa shape index (κ1) is 21.6. The van der Waals surface area contributed by atoms with E-state index in [1.54, 1.807) is 11.0 Å². The van der Waals surface area contributed by atoms with Crippen LogP contribution in [0.5, 0.6) is 5.75 Å². The normalized spacial score (nSPS) is 17.5. The first-order chi connectivity index (χ1) is 14.0. The average Bonchev–Trinajstić information content (AvgIpc) is 3.45. The molecule has 1 aromatic carbocycles. The Labute approximate surface area is 172 Å². The van der Waals surface area contributed by atoms with E-state index in [1.807, 2.05) is 13.0 Å². The molecule has 2 aliphatic rings. The molecule has 7 heteroatoms. The van der Waals surface area contributed by atoms with Gasteiger partial charge < -0.3 is 15.0 Å². The van der Waals surface area contributed by atoms with E-state index in [2.05, 4.69) is 10.6 Å². The predicted molar refractivity (Wildman–Crippen MR) is 109 cm³/mol. The van der Waals surface area contributed by atoms with Crippen LogP contribution in [0.15, 0.2) is 18.2 Å². The van der Waals surface area contributed by atoms with Crippen molar-refractivity contribution in [2.75, 3.05) is 26.2 Å². The lowest BCUT2D eigenvalue weighted by atomic mass is 10.1. The molecule has 6 nitrogen and oxygen atoms in total. The van der Waals surface area contributed by atoms with Gasteiger partial charge in [-0.2, -0.15) is 0 Å². The lowest BCUT2D eigenvalue weighted by Gasteiger charge is -2.16. The van der Waals surface area contributed by atoms with Gasteiger partial charge in [0.05, 0.1) is 6.61 Å². The number of nitrogens with one attached hydrogen (secondary N) is 2. The maximum absolute atomic E-state index is 13.9. The van der Waals surface area contributed by atoms with Crippen LogP contribution in [0.25, 0.3) is 0 Å². The fraction of sp³-hybridized carbons (Fsp3) is 0.636. The van der Waals surface area contributed by atoms with Crippen LogP contribution < -0.4 is 15.4 Å². The number of unbranched alkanes of at least 4 members (excludes halogenated alkanes) is 4. The number of carbonyl (C=O) groups excluding carboxylic acids is 2. The summed E-state index contributed by atoms with van der Waals surface area (Å²) in [6, 6.07) is 4.76. The van der Waals surface area contributed by atoms with E-state index in [0.717, 1.165) is 44.2 Å². The van der Waals surface area contributed by atoms with Gasteiger partial charge in [-0.05, 0) is 62.8 Å². The van der Waals surface area contributed by atoms with E-state index < -0.39 is 0 Å². The Hall–Kier alpha value is -2.15. The SMILES string of the molecule is C[C@H](NCCCCCCCN1CC(=O)NC1=O)c1cc(F)cc(OCC2CC2)c1. The summed E-state index contributed by atoms with van der Waals surface area (Å²) in [5.41, 5.74) is 0.911. The second kappa shape index (κ2) is 10.6. The van der Waals surface area contributed by atoms with Gasteiger partial charge in [-0.1, -0.05) is 19.3 Å². The highest BCUT2D eigenvalue weighted by molar-refractivity contribution is 6.01. The average molecular weight is 406 g/mol. The van der Waals surface area contributed by atoms with Crippen molar-refractivity contribution in [2.45, 2.75) is 57.9 Å². The largest absolute Gasteiger partial charge is 0.493 e. The zero-order valence-electron chi connectivity index (χ0n) is 17.2. The molecular weight excluding hydrogens is 373 g/mol. The molecule has 3 amide bonds. The minimum absolute atomic E-state index is 0.0696. The van der Waals surface area contributed by atoms with Crippen molar-refractivity contribution in [3.8, 4) is 5.75 Å². The van der Waals surface area contributed by atoms with Gasteiger partial charge in [-0.25, -0.2) is 9.18 Å². The van der Waals surface area contributed by atoms with Gasteiger partial charge in [0.2, 0.25) is 5.91 Å². The van der Waals surface area contributed by atoms with Gasteiger partial charge in [0.15, 0.2) is 0 Å². The van der Waals surface area contributed by atoms with Gasteiger partial charge in [0, 0.05) is 18.7 Å². The van der Waals surface area contributed by atoms with Gasteiger partial charge in [-0.15, -0.1) is 0 Å². The molecule has 1 heterocycles. The minimum atomic E-state index is -0.272. The molecule has 0 radical (unpaired) electrons. The third-order valence-electron chi connectivity index (χ3n) is 5.50. The highest BCUT2D eigenvalue weighted by Gasteiger charge is 2.25. The number of nitrogens with zero attached hydrogens (tertiary/aromatic N) is 1. The van der Waals surface area contributed by atoms with Crippen molar-refractivity contribution < 1.29 is 18.7 Å². The van der Waals surface area contributed by atoms with Gasteiger partial charge in [-0.3, -0.25) is 10.1 Å². The fourth-order valence-corrected chi connectivity index (χ4v) is 3.47. The van der Waals surface area contributed by atoms with Crippen molar-refractivity contribution in [3.63, 3.8) is 0 Å². The van der Waals surface area contributed by atoms with Crippen molar-refractivity contribution in [1.82, 2.24) is 15.5 Å². The van der Waals surface area contributed by atoms with Crippen molar-refractivity contribution in [1.29, 1.82) is 0 Å². The highest BCUT2D eigenvalue weighted by Crippen LogP contribution is 2.30. The lowest BCUT2D eigenvalue weighted by molar-refractivity contribution is -0.118. The number of rotatable bonds is 13. The number of benzene rings is 1. The highest BCUT2D eigenvalue weighted by atomic mass is 19.1. The summed E-state index contributed by atoms with van der Waals surface area (Å²) < 4.78 is 19.6. The molecule has 2 N–H and O–H groups in total. The minimum Gasteiger partial charge on any atom is -0.493 e. The van der Waals surface area contributed by atoms with Gasteiger partial charge in [0.1, 0.15) is 18.1 Å². The molecule has 0 aromatic heterocycles. The smallest absolute Gasteiger partial charge is 0.324 e. The molecule has 1 aromatic rings. The number of ether oxygens (including phenoxy) is 1. The van der Waals surface area contributed by atoms with E-state index in [1.165, 1.54) is 18.9 Å². The predicted octanol–water partition coefficient (Wildman–Crippen LogP) is 3.77. The van der Waals surface area contributed by atoms with E-state index in [9.17, 15) is 14.0 Å². The molecule has 1 aliphatic heterocycles. The zero-order valence-corrected chi connectivity index (χ0v) is 17.2. The molecule has 1 atom stereocenters. The fourth-order valence-electron chi connectivity index (χ4n) is 3.47. The molecule has 1 saturated carbocycles. The Bertz CT molecular complexity index is 709. The molecule has 160 valence electrons.